The van der Waals surface area contributed by atoms with Crippen molar-refractivity contribution in [3.63, 3.8) is 0 Å². The maximum atomic E-state index is 6.03. The Morgan fingerprint density at radius 1 is 1.25 bits per heavy atom. The van der Waals surface area contributed by atoms with Crippen molar-refractivity contribution in [2.24, 2.45) is 22.6 Å². The molecule has 1 saturated carbocycles. The lowest BCUT2D eigenvalue weighted by atomic mass is 9.67. The Hall–Kier alpha value is -0.710. The average molecular weight is 257 g/mol. The Bertz CT molecular complexity index is 512. The Kier molecular flexibility index (Phi) is 2.21. The van der Waals surface area contributed by atoms with Crippen molar-refractivity contribution in [2.75, 3.05) is 0 Å². The summed E-state index contributed by atoms with van der Waals surface area (Å²) < 4.78 is 0. The highest BCUT2D eigenvalue weighted by Gasteiger charge is 2.45. The van der Waals surface area contributed by atoms with Gasteiger partial charge in [-0.05, 0) is 12.0 Å². The second-order valence-electron chi connectivity index (χ2n) is 4.31. The van der Waals surface area contributed by atoms with Crippen LogP contribution >= 0.6 is 23.2 Å². The Labute approximate surface area is 102 Å². The van der Waals surface area contributed by atoms with E-state index in [0.717, 1.165) is 0 Å². The van der Waals surface area contributed by atoms with E-state index in [-0.39, 0.29) is 22.4 Å². The summed E-state index contributed by atoms with van der Waals surface area (Å²) in [6.45, 7) is 2.13. The summed E-state index contributed by atoms with van der Waals surface area (Å²) in [7, 11) is 0. The van der Waals surface area contributed by atoms with Crippen molar-refractivity contribution < 1.29 is 0 Å². The van der Waals surface area contributed by atoms with Gasteiger partial charge in [-0.3, -0.25) is 4.99 Å². The van der Waals surface area contributed by atoms with E-state index in [1.807, 2.05) is 6.08 Å². The van der Waals surface area contributed by atoms with Crippen LogP contribution in [0, 0.1) is 11.8 Å². The molecule has 6 heteroatoms. The van der Waals surface area contributed by atoms with Gasteiger partial charge in [-0.25, -0.2) is 9.97 Å². The van der Waals surface area contributed by atoms with E-state index < -0.39 is 0 Å². The monoisotopic (exact) mass is 256 g/mol. The summed E-state index contributed by atoms with van der Waals surface area (Å²) in [6.07, 6.45) is 2.01. The Morgan fingerprint density at radius 3 is 2.62 bits per heavy atom. The summed E-state index contributed by atoms with van der Waals surface area (Å²) in [5.74, 6) is 0.741. The molecule has 3 aliphatic rings. The van der Waals surface area contributed by atoms with E-state index in [1.54, 1.807) is 0 Å². The lowest BCUT2D eigenvalue weighted by Gasteiger charge is -2.44. The van der Waals surface area contributed by atoms with Gasteiger partial charge in [0, 0.05) is 12.0 Å². The van der Waals surface area contributed by atoms with Crippen LogP contribution in [0.3, 0.4) is 0 Å². The summed E-state index contributed by atoms with van der Waals surface area (Å²) in [4.78, 5) is 12.8. The van der Waals surface area contributed by atoms with Crippen molar-refractivity contribution in [1.82, 2.24) is 9.97 Å². The number of rotatable bonds is 0. The predicted octanol–water partition coefficient (Wildman–Crippen LogP) is 0.159. The SMILES string of the molecule is CC1C2C=c3nc(Cl)c(Cl)nc3=NC1C2N. The summed E-state index contributed by atoms with van der Waals surface area (Å²) in [5.41, 5.74) is 6.58. The van der Waals surface area contributed by atoms with Gasteiger partial charge in [0.05, 0.1) is 6.04 Å². The van der Waals surface area contributed by atoms with Crippen molar-refractivity contribution >= 4 is 29.3 Å². The normalized spacial score (nSPS) is 35.2. The van der Waals surface area contributed by atoms with E-state index in [4.69, 9.17) is 28.9 Å². The van der Waals surface area contributed by atoms with Crippen LogP contribution in [0.2, 0.25) is 10.3 Å². The molecule has 0 aromatic carbocycles. The van der Waals surface area contributed by atoms with Crippen LogP contribution in [0.4, 0.5) is 0 Å². The molecule has 4 rings (SSSR count). The van der Waals surface area contributed by atoms with Gasteiger partial charge in [0.2, 0.25) is 0 Å². The molecule has 4 atom stereocenters. The number of nitrogens with two attached hydrogens (primary N) is 1. The first-order chi connectivity index (χ1) is 7.58. The third-order valence-corrected chi connectivity index (χ3v) is 4.05. The second-order valence-corrected chi connectivity index (χ2v) is 5.03. The van der Waals surface area contributed by atoms with Gasteiger partial charge in [-0.15, -0.1) is 0 Å². The van der Waals surface area contributed by atoms with Gasteiger partial charge in [0.15, 0.2) is 15.8 Å². The number of nitrogens with zero attached hydrogens (tertiary/aromatic N) is 3. The molecule has 0 saturated heterocycles. The van der Waals surface area contributed by atoms with Crippen LogP contribution in [0.1, 0.15) is 6.92 Å². The molecule has 2 bridgehead atoms. The van der Waals surface area contributed by atoms with Gasteiger partial charge >= 0.3 is 0 Å². The first kappa shape index (κ1) is 10.4. The van der Waals surface area contributed by atoms with E-state index in [2.05, 4.69) is 21.9 Å². The van der Waals surface area contributed by atoms with Gasteiger partial charge in [0.25, 0.3) is 0 Å². The molecule has 0 radical (unpaired) electrons. The summed E-state index contributed by atoms with van der Waals surface area (Å²) in [6, 6.07) is 0.178. The van der Waals surface area contributed by atoms with Gasteiger partial charge in [0.1, 0.15) is 5.35 Å². The average Bonchev–Trinajstić information content (AvgIpc) is 2.48. The summed E-state index contributed by atoms with van der Waals surface area (Å²) in [5, 5.41) is 1.10. The molecule has 1 aromatic heterocycles. The molecule has 4 unspecified atom stereocenters. The molecule has 1 fully saturated rings. The van der Waals surface area contributed by atoms with Crippen LogP contribution in [0.5, 0.6) is 0 Å². The highest BCUT2D eigenvalue weighted by Crippen LogP contribution is 2.37. The number of halogens is 2. The Morgan fingerprint density at radius 2 is 1.94 bits per heavy atom. The Balaban J connectivity index is 2.29. The number of hydrogen-bond donors (Lipinski definition) is 1. The van der Waals surface area contributed by atoms with Crippen LogP contribution in [-0.2, 0) is 0 Å². The molecule has 2 aliphatic heterocycles. The van der Waals surface area contributed by atoms with Crippen LogP contribution in [0.15, 0.2) is 4.99 Å². The van der Waals surface area contributed by atoms with E-state index in [0.29, 0.717) is 22.7 Å². The molecular formula is C10H10Cl2N4. The minimum Gasteiger partial charge on any atom is -0.325 e. The minimum absolute atomic E-state index is 0.0588. The van der Waals surface area contributed by atoms with Crippen molar-refractivity contribution in [3.8, 4) is 0 Å². The molecule has 0 spiro atoms. The predicted molar refractivity (Wildman–Crippen MR) is 61.7 cm³/mol. The lowest BCUT2D eigenvalue weighted by Crippen LogP contribution is -2.57. The van der Waals surface area contributed by atoms with E-state index in [9.17, 15) is 0 Å². The first-order valence-electron chi connectivity index (χ1n) is 5.12. The van der Waals surface area contributed by atoms with Gasteiger partial charge < -0.3 is 5.73 Å². The largest absolute Gasteiger partial charge is 0.325 e. The fourth-order valence-corrected chi connectivity index (χ4v) is 2.66. The highest BCUT2D eigenvalue weighted by molar-refractivity contribution is 6.40. The van der Waals surface area contributed by atoms with Crippen molar-refractivity contribution in [2.45, 2.75) is 19.0 Å². The molecule has 84 valence electrons. The maximum absolute atomic E-state index is 6.03. The molecule has 4 nitrogen and oxygen atoms in total. The zero-order valence-electron chi connectivity index (χ0n) is 8.56. The molecule has 2 N–H and O–H groups in total. The standard InChI is InChI=1S/C10H10Cl2N4/c1-3-4-2-5-10(15-7(3)6(4)13)16-9(12)8(11)14-5/h2-4,6-7H,13H2,1H3. The quantitative estimate of drug-likeness (QED) is 0.720. The van der Waals surface area contributed by atoms with Crippen LogP contribution < -0.4 is 16.6 Å². The molecule has 1 aromatic rings. The smallest absolute Gasteiger partial charge is 0.175 e. The first-order valence-corrected chi connectivity index (χ1v) is 5.88. The maximum Gasteiger partial charge on any atom is 0.175 e. The fourth-order valence-electron chi connectivity index (χ4n) is 2.41. The van der Waals surface area contributed by atoms with Crippen molar-refractivity contribution in [3.05, 3.63) is 21.1 Å². The van der Waals surface area contributed by atoms with E-state index >= 15 is 0 Å². The molecule has 3 heterocycles. The fraction of sp³-hybridized carbons (Fsp3) is 0.500. The number of aromatic nitrogens is 2. The number of hydrogen-bond acceptors (Lipinski definition) is 4. The van der Waals surface area contributed by atoms with Crippen LogP contribution in [-0.4, -0.2) is 22.1 Å². The van der Waals surface area contributed by atoms with Gasteiger partial charge in [-0.2, -0.15) is 0 Å². The molecular weight excluding hydrogens is 247 g/mol. The topological polar surface area (TPSA) is 64.2 Å². The highest BCUT2D eigenvalue weighted by atomic mass is 35.5. The van der Waals surface area contributed by atoms with E-state index in [1.165, 1.54) is 0 Å². The zero-order valence-corrected chi connectivity index (χ0v) is 10.1. The van der Waals surface area contributed by atoms with Crippen LogP contribution in [0.25, 0.3) is 6.08 Å². The molecule has 0 amide bonds. The minimum atomic E-state index is 0.0588. The van der Waals surface area contributed by atoms with Gasteiger partial charge in [-0.1, -0.05) is 30.1 Å². The van der Waals surface area contributed by atoms with Crippen molar-refractivity contribution in [1.29, 1.82) is 0 Å². The lowest BCUT2D eigenvalue weighted by molar-refractivity contribution is 0.170. The summed E-state index contributed by atoms with van der Waals surface area (Å²) >= 11 is 11.7. The molecule has 1 aliphatic carbocycles. The third-order valence-electron chi connectivity index (χ3n) is 3.43. The second kappa shape index (κ2) is 3.39. The zero-order chi connectivity index (χ0) is 11.4. The third kappa shape index (κ3) is 1.30. The molecule has 16 heavy (non-hydrogen) atoms.